The van der Waals surface area contributed by atoms with E-state index in [0.717, 1.165) is 89.8 Å². The molecule has 9 nitrogen and oxygen atoms in total. The number of rotatable bonds is 14. The quantitative estimate of drug-likeness (QED) is 0.0757. The van der Waals surface area contributed by atoms with Gasteiger partial charge in [-0.15, -0.1) is 0 Å². The van der Waals surface area contributed by atoms with Crippen LogP contribution in [0.25, 0.3) is 0 Å². The fourth-order valence-corrected chi connectivity index (χ4v) is 18.6. The number of aldehydes is 1. The van der Waals surface area contributed by atoms with E-state index < -0.39 is 6.04 Å². The summed E-state index contributed by atoms with van der Waals surface area (Å²) in [5, 5.41) is 50.2. The molecule has 0 radical (unpaired) electrons. The van der Waals surface area contributed by atoms with Crippen LogP contribution in [0.2, 0.25) is 0 Å². The summed E-state index contributed by atoms with van der Waals surface area (Å²) in [5.74, 6) is 5.54. The van der Waals surface area contributed by atoms with Crippen molar-refractivity contribution >= 4 is 18.1 Å². The molecule has 0 aromatic heterocycles. The highest BCUT2D eigenvalue weighted by atomic mass is 16.3. The van der Waals surface area contributed by atoms with Crippen molar-refractivity contribution in [1.29, 1.82) is 0 Å². The number of nitrogens with one attached hydrogen (secondary N) is 2. The second-order valence-electron chi connectivity index (χ2n) is 24.7. The maximum Gasteiger partial charge on any atom is 0.220 e. The first-order valence-electron chi connectivity index (χ1n) is 26.2. The fourth-order valence-electron chi connectivity index (χ4n) is 18.6. The minimum Gasteiger partial charge on any atom is -0.393 e. The number of fused-ring (bicyclic) bond motifs is 10. The van der Waals surface area contributed by atoms with Gasteiger partial charge in [0.05, 0.1) is 30.5 Å². The number of carbonyl (C=O) groups is 3. The molecule has 0 aliphatic heterocycles. The molecule has 9 heteroatoms. The molecule has 0 spiro atoms. The average Bonchev–Trinajstić information content (AvgIpc) is 3.78. The molecule has 8 saturated carbocycles. The van der Waals surface area contributed by atoms with E-state index in [-0.39, 0.29) is 57.9 Å². The summed E-state index contributed by atoms with van der Waals surface area (Å²) in [6.07, 6.45) is 20.2. The number of hydrogen-bond donors (Lipinski definition) is 6. The molecule has 8 rings (SSSR count). The summed E-state index contributed by atoms with van der Waals surface area (Å²) in [7, 11) is 0. The van der Waals surface area contributed by atoms with Gasteiger partial charge in [-0.05, 0) is 221 Å². The summed E-state index contributed by atoms with van der Waals surface area (Å²) in [4.78, 5) is 38.3. The molecular formula is C53H88N2O7. The van der Waals surface area contributed by atoms with Crippen LogP contribution in [0.15, 0.2) is 0 Å². The standard InChI is InChI=1S/C53H88N2O7/c1-31(38-11-13-40-48-42(19-23-52(38,40)5)50(3)21-17-36(57)26-33(50)28-44(48)59)9-15-46(61)54-25-7-8-35(30-56)55-47(62)16-10-32(2)39-12-14-41-49-43(20-24-53(39,41)6)51(4)22-18-37(58)27-34(51)29-45(49)60/h30-45,48-49,57-60H,7-29H2,1-6H3,(H,54,61)(H,55,62)/t31?,32?,33-,34+,35?,36-,37+,38?,39?,40+,41-,42?,43?,44+,45-,48-,49-,50?,51?,52?,53?/m0/s1. The lowest BCUT2D eigenvalue weighted by Gasteiger charge is -2.62. The summed E-state index contributed by atoms with van der Waals surface area (Å²) >= 11 is 0. The Balaban J connectivity index is 0.738. The van der Waals surface area contributed by atoms with Crippen molar-refractivity contribution < 1.29 is 34.8 Å². The van der Waals surface area contributed by atoms with E-state index in [1.54, 1.807) is 0 Å². The third-order valence-electron chi connectivity index (χ3n) is 22.0. The Labute approximate surface area is 374 Å². The van der Waals surface area contributed by atoms with Gasteiger partial charge < -0.3 is 35.9 Å². The van der Waals surface area contributed by atoms with Gasteiger partial charge in [0.1, 0.15) is 6.29 Å². The number of aliphatic hydroxyl groups excluding tert-OH is 4. The van der Waals surface area contributed by atoms with Crippen molar-refractivity contribution in [3.05, 3.63) is 0 Å². The van der Waals surface area contributed by atoms with Gasteiger partial charge in [-0.2, -0.15) is 0 Å². The molecule has 0 heterocycles. The van der Waals surface area contributed by atoms with Crippen LogP contribution in [0, 0.1) is 92.7 Å². The van der Waals surface area contributed by atoms with Crippen LogP contribution in [0.3, 0.4) is 0 Å². The predicted molar refractivity (Wildman–Crippen MR) is 242 cm³/mol. The first kappa shape index (κ1) is 47.0. The molecule has 62 heavy (non-hydrogen) atoms. The van der Waals surface area contributed by atoms with Gasteiger partial charge in [0.25, 0.3) is 0 Å². The summed E-state index contributed by atoms with van der Waals surface area (Å²) < 4.78 is 0. The van der Waals surface area contributed by atoms with Gasteiger partial charge in [0.2, 0.25) is 11.8 Å². The van der Waals surface area contributed by atoms with Crippen molar-refractivity contribution in [2.75, 3.05) is 6.54 Å². The monoisotopic (exact) mass is 865 g/mol. The summed E-state index contributed by atoms with van der Waals surface area (Å²) in [6, 6.07) is -0.552. The van der Waals surface area contributed by atoms with E-state index in [1.165, 1.54) is 32.1 Å². The van der Waals surface area contributed by atoms with Crippen molar-refractivity contribution in [2.24, 2.45) is 92.7 Å². The molecule has 21 atom stereocenters. The average molecular weight is 865 g/mol. The van der Waals surface area contributed by atoms with Gasteiger partial charge in [-0.25, -0.2) is 0 Å². The lowest BCUT2D eigenvalue weighted by atomic mass is 9.43. The number of carbonyl (C=O) groups excluding carboxylic acids is 3. The summed E-state index contributed by atoms with van der Waals surface area (Å²) in [5.41, 5.74) is 0.818. The minimum atomic E-state index is -0.552. The number of aliphatic hydroxyl groups is 4. The van der Waals surface area contributed by atoms with Crippen LogP contribution in [0.5, 0.6) is 0 Å². The van der Waals surface area contributed by atoms with E-state index in [9.17, 15) is 34.8 Å². The highest BCUT2D eigenvalue weighted by Gasteiger charge is 2.64. The molecule has 8 fully saturated rings. The number of amides is 2. The van der Waals surface area contributed by atoms with Crippen molar-refractivity contribution in [3.8, 4) is 0 Å². The SMILES string of the molecule is CC(CCC(=O)NCCCC(C=O)NC(=O)CCC(C)C1CC[C@H]2[C@H]3C(CCC12C)C1(C)CC[C@@H](O)C[C@@H]1C[C@@H]3O)C1CC[C@@H]2[C@H]3C(CCC12C)C1(C)CC[C@H](O)C[C@H]1C[C@H]3O. The van der Waals surface area contributed by atoms with Crippen LogP contribution in [0.1, 0.15) is 183 Å². The molecule has 2 amide bonds. The molecule has 0 aromatic rings. The molecule has 11 unspecified atom stereocenters. The third-order valence-corrected chi connectivity index (χ3v) is 22.0. The van der Waals surface area contributed by atoms with E-state index in [0.29, 0.717) is 103 Å². The first-order chi connectivity index (χ1) is 29.4. The summed E-state index contributed by atoms with van der Waals surface area (Å²) in [6.45, 7) is 15.0. The molecule has 8 aliphatic rings. The van der Waals surface area contributed by atoms with Gasteiger partial charge in [0, 0.05) is 19.4 Å². The zero-order valence-corrected chi connectivity index (χ0v) is 39.7. The van der Waals surface area contributed by atoms with Crippen LogP contribution in [-0.2, 0) is 14.4 Å². The molecule has 8 aliphatic carbocycles. The molecule has 0 saturated heterocycles. The highest BCUT2D eigenvalue weighted by Crippen LogP contribution is 2.70. The highest BCUT2D eigenvalue weighted by molar-refractivity contribution is 5.79. The zero-order chi connectivity index (χ0) is 44.4. The van der Waals surface area contributed by atoms with Crippen molar-refractivity contribution in [1.82, 2.24) is 10.6 Å². The predicted octanol–water partition coefficient (Wildman–Crippen LogP) is 8.38. The Morgan fingerprint density at radius 3 is 1.48 bits per heavy atom. The molecular weight excluding hydrogens is 777 g/mol. The van der Waals surface area contributed by atoms with Crippen LogP contribution < -0.4 is 10.6 Å². The van der Waals surface area contributed by atoms with Crippen molar-refractivity contribution in [2.45, 2.75) is 213 Å². The van der Waals surface area contributed by atoms with Crippen molar-refractivity contribution in [3.63, 3.8) is 0 Å². The van der Waals surface area contributed by atoms with Crippen LogP contribution in [-0.4, -0.2) is 75.5 Å². The molecule has 0 bridgehead atoms. The maximum absolute atomic E-state index is 13.2. The Hall–Kier alpha value is -1.55. The third kappa shape index (κ3) is 8.41. The normalized spacial score (nSPS) is 48.5. The van der Waals surface area contributed by atoms with E-state index in [4.69, 9.17) is 0 Å². The Kier molecular flexibility index (Phi) is 13.8. The number of hydrogen-bond acceptors (Lipinski definition) is 7. The molecule has 352 valence electrons. The smallest absolute Gasteiger partial charge is 0.220 e. The lowest BCUT2D eigenvalue weighted by molar-refractivity contribution is -0.174. The lowest BCUT2D eigenvalue weighted by Crippen LogP contribution is -2.58. The van der Waals surface area contributed by atoms with Gasteiger partial charge in [-0.1, -0.05) is 41.5 Å². The second-order valence-corrected chi connectivity index (χ2v) is 24.7. The largest absolute Gasteiger partial charge is 0.393 e. The van der Waals surface area contributed by atoms with Gasteiger partial charge >= 0.3 is 0 Å². The van der Waals surface area contributed by atoms with Gasteiger partial charge in [-0.3, -0.25) is 9.59 Å². The fraction of sp³-hybridized carbons (Fsp3) is 0.943. The second kappa shape index (κ2) is 18.3. The minimum absolute atomic E-state index is 0.0589. The Morgan fingerprint density at radius 2 is 1.02 bits per heavy atom. The molecule has 0 aromatic carbocycles. The topological polar surface area (TPSA) is 156 Å². The zero-order valence-electron chi connectivity index (χ0n) is 39.7. The Morgan fingerprint density at radius 1 is 0.581 bits per heavy atom. The van der Waals surface area contributed by atoms with Crippen LogP contribution >= 0.6 is 0 Å². The molecule has 6 N–H and O–H groups in total. The van der Waals surface area contributed by atoms with E-state index >= 15 is 0 Å². The Bertz CT molecular complexity index is 1610. The van der Waals surface area contributed by atoms with E-state index in [1.807, 2.05) is 0 Å². The first-order valence-corrected chi connectivity index (χ1v) is 26.2. The van der Waals surface area contributed by atoms with E-state index in [2.05, 4.69) is 52.2 Å². The van der Waals surface area contributed by atoms with Crippen LogP contribution in [0.4, 0.5) is 0 Å². The van der Waals surface area contributed by atoms with Gasteiger partial charge in [0.15, 0.2) is 0 Å². The maximum atomic E-state index is 13.2.